The number of aliphatic hydroxyl groups is 7. The number of carbonyl (C=O) groups is 1. The van der Waals surface area contributed by atoms with E-state index in [9.17, 15) is 40.5 Å². The zero-order valence-corrected chi connectivity index (χ0v) is 43.4. The summed E-state index contributed by atoms with van der Waals surface area (Å²) >= 11 is 0. The zero-order chi connectivity index (χ0) is 51.6. The summed E-state index contributed by atoms with van der Waals surface area (Å²) in [5.74, 6) is -0.397. The fraction of sp³-hybridized carbons (Fsp3) is 0.737. The number of hydrogen-bond acceptors (Lipinski definition) is 14. The van der Waals surface area contributed by atoms with Crippen LogP contribution in [-0.4, -0.2) is 142 Å². The molecule has 0 saturated carbocycles. The molecule has 2 fully saturated rings. The van der Waals surface area contributed by atoms with Crippen LogP contribution in [-0.2, 0) is 33.2 Å². The molecule has 0 aromatic rings. The van der Waals surface area contributed by atoms with E-state index in [1.165, 1.54) is 25.7 Å². The van der Waals surface area contributed by atoms with E-state index in [0.29, 0.717) is 13.0 Å². The summed E-state index contributed by atoms with van der Waals surface area (Å²) in [6, 6.07) is 0. The van der Waals surface area contributed by atoms with E-state index >= 15 is 0 Å². The first-order valence-corrected chi connectivity index (χ1v) is 27.2. The quantitative estimate of drug-likeness (QED) is 0.0173. The van der Waals surface area contributed by atoms with Crippen molar-refractivity contribution in [3.8, 4) is 0 Å². The third kappa shape index (κ3) is 30.8. The summed E-state index contributed by atoms with van der Waals surface area (Å²) in [5, 5.41) is 72.2. The van der Waals surface area contributed by atoms with Crippen LogP contribution in [0.2, 0.25) is 0 Å². The van der Waals surface area contributed by atoms with Gasteiger partial charge in [0.05, 0.1) is 26.4 Å². The molecule has 7 N–H and O–H groups in total. The van der Waals surface area contributed by atoms with Crippen molar-refractivity contribution < 1.29 is 69.0 Å². The summed E-state index contributed by atoms with van der Waals surface area (Å²) < 4.78 is 34.3. The van der Waals surface area contributed by atoms with Crippen LogP contribution in [0.25, 0.3) is 0 Å². The second-order valence-electron chi connectivity index (χ2n) is 18.7. The number of aliphatic hydroxyl groups excluding tert-OH is 7. The minimum Gasteiger partial charge on any atom is -0.457 e. The molecule has 408 valence electrons. The van der Waals surface area contributed by atoms with Gasteiger partial charge in [0.25, 0.3) is 0 Å². The van der Waals surface area contributed by atoms with E-state index in [1.54, 1.807) is 0 Å². The first kappa shape index (κ1) is 64.3. The third-order valence-electron chi connectivity index (χ3n) is 12.4. The van der Waals surface area contributed by atoms with Gasteiger partial charge in [0.15, 0.2) is 12.6 Å². The number of allylic oxidation sites excluding steroid dienone is 14. The van der Waals surface area contributed by atoms with Gasteiger partial charge >= 0.3 is 5.97 Å². The van der Waals surface area contributed by atoms with Crippen LogP contribution in [0.5, 0.6) is 0 Å². The van der Waals surface area contributed by atoms with Crippen LogP contribution in [0.1, 0.15) is 168 Å². The van der Waals surface area contributed by atoms with Gasteiger partial charge in [-0.3, -0.25) is 4.79 Å². The normalized spacial score (nSPS) is 26.0. The number of carbonyl (C=O) groups excluding carboxylic acids is 1. The molecule has 71 heavy (non-hydrogen) atoms. The standard InChI is InChI=1S/C57H96O14/c1-3-5-7-9-11-13-15-17-18-19-20-21-22-23-24-25-26-27-29-31-33-35-37-39-41-66-43-46(69-49(59)40-38-36-34-32-30-28-16-14-12-10-8-6-4-2)44-67-56-55(65)53(63)51(61)48(71-56)45-68-57-54(64)52(62)50(60)47(42-58)70-57/h5,7,11,13-14,16-18,20-21,23-24,26-27,46-48,50-58,60-65H,3-4,6,8-10,12,15,19,22,25,28-45H2,1-2H3/b7-5-,13-11-,16-14-,18-17-,21-20-,24-23-,27-26-. The van der Waals surface area contributed by atoms with Crippen LogP contribution < -0.4 is 0 Å². The Balaban J connectivity index is 1.74. The maximum atomic E-state index is 13.0. The monoisotopic (exact) mass is 1000 g/mol. The largest absolute Gasteiger partial charge is 0.457 e. The smallest absolute Gasteiger partial charge is 0.306 e. The molecule has 2 aliphatic heterocycles. The fourth-order valence-electron chi connectivity index (χ4n) is 7.99. The minimum atomic E-state index is -1.72. The molecule has 2 rings (SSSR count). The predicted molar refractivity (Wildman–Crippen MR) is 279 cm³/mol. The van der Waals surface area contributed by atoms with Crippen molar-refractivity contribution in [2.45, 2.75) is 235 Å². The lowest BCUT2D eigenvalue weighted by Crippen LogP contribution is -2.61. The summed E-state index contributed by atoms with van der Waals surface area (Å²) in [6.07, 6.45) is 39.3. The molecule has 2 aliphatic rings. The maximum absolute atomic E-state index is 13.0. The Morgan fingerprint density at radius 3 is 1.45 bits per heavy atom. The van der Waals surface area contributed by atoms with Crippen LogP contribution in [0, 0.1) is 0 Å². The molecule has 0 aromatic carbocycles. The van der Waals surface area contributed by atoms with E-state index < -0.39 is 86.7 Å². The highest BCUT2D eigenvalue weighted by atomic mass is 16.7. The molecule has 0 aromatic heterocycles. The van der Waals surface area contributed by atoms with E-state index in [-0.39, 0.29) is 19.6 Å². The van der Waals surface area contributed by atoms with Crippen LogP contribution in [0.4, 0.5) is 0 Å². The molecule has 2 saturated heterocycles. The maximum Gasteiger partial charge on any atom is 0.306 e. The molecule has 0 aliphatic carbocycles. The lowest BCUT2D eigenvalue weighted by atomic mass is 9.98. The average Bonchev–Trinajstić information content (AvgIpc) is 3.37. The second-order valence-corrected chi connectivity index (χ2v) is 18.7. The Morgan fingerprint density at radius 2 is 0.915 bits per heavy atom. The Kier molecular flexibility index (Phi) is 39.4. The molecule has 11 unspecified atom stereocenters. The van der Waals surface area contributed by atoms with Gasteiger partial charge in [-0.15, -0.1) is 0 Å². The Hall–Kier alpha value is -2.83. The minimum absolute atomic E-state index is 0.0399. The van der Waals surface area contributed by atoms with Gasteiger partial charge in [-0.2, -0.15) is 0 Å². The molecule has 14 nitrogen and oxygen atoms in total. The highest BCUT2D eigenvalue weighted by molar-refractivity contribution is 5.69. The third-order valence-corrected chi connectivity index (χ3v) is 12.4. The van der Waals surface area contributed by atoms with Gasteiger partial charge in [-0.25, -0.2) is 0 Å². The molecular formula is C57H96O14. The molecule has 14 heteroatoms. The molecule has 2 heterocycles. The zero-order valence-electron chi connectivity index (χ0n) is 43.4. The van der Waals surface area contributed by atoms with Gasteiger partial charge in [-0.05, 0) is 89.9 Å². The Labute approximate surface area is 427 Å². The molecule has 0 bridgehead atoms. The lowest BCUT2D eigenvalue weighted by molar-refractivity contribution is -0.332. The van der Waals surface area contributed by atoms with E-state index in [1.807, 2.05) is 0 Å². The summed E-state index contributed by atoms with van der Waals surface area (Å²) in [4.78, 5) is 13.0. The average molecular weight is 1010 g/mol. The van der Waals surface area contributed by atoms with Crippen molar-refractivity contribution >= 4 is 5.97 Å². The SMILES string of the molecule is CC/C=C\C/C=C\C/C=C\C/C=C\C/C=C\C/C=C\CCCCCCCOCC(COC1OC(COC2OC(CO)C(O)C(O)C2O)C(O)C(O)C1O)OC(=O)CCCCCCC/C=C\CCCCCC. The number of hydrogen-bond donors (Lipinski definition) is 7. The van der Waals surface area contributed by atoms with Crippen molar-refractivity contribution in [1.82, 2.24) is 0 Å². The second kappa shape index (κ2) is 43.6. The fourth-order valence-corrected chi connectivity index (χ4v) is 7.99. The van der Waals surface area contributed by atoms with Crippen molar-refractivity contribution in [1.29, 1.82) is 0 Å². The summed E-state index contributed by atoms with van der Waals surface area (Å²) in [5.41, 5.74) is 0. The van der Waals surface area contributed by atoms with Gasteiger partial charge in [-0.1, -0.05) is 157 Å². The van der Waals surface area contributed by atoms with Gasteiger partial charge in [0.1, 0.15) is 54.9 Å². The molecule has 0 radical (unpaired) electrons. The molecule has 0 amide bonds. The van der Waals surface area contributed by atoms with Crippen molar-refractivity contribution in [2.75, 3.05) is 33.0 Å². The van der Waals surface area contributed by atoms with Gasteiger partial charge in [0, 0.05) is 13.0 Å². The highest BCUT2D eigenvalue weighted by Crippen LogP contribution is 2.26. The van der Waals surface area contributed by atoms with Crippen molar-refractivity contribution in [3.05, 3.63) is 85.1 Å². The van der Waals surface area contributed by atoms with Gasteiger partial charge < -0.3 is 64.2 Å². The molecular weight excluding hydrogens is 909 g/mol. The first-order chi connectivity index (χ1) is 34.6. The van der Waals surface area contributed by atoms with E-state index in [4.69, 9.17) is 28.4 Å². The van der Waals surface area contributed by atoms with Crippen molar-refractivity contribution in [2.24, 2.45) is 0 Å². The Morgan fingerprint density at radius 1 is 0.479 bits per heavy atom. The van der Waals surface area contributed by atoms with Crippen LogP contribution in [0.15, 0.2) is 85.1 Å². The Bertz CT molecular complexity index is 1490. The molecule has 0 spiro atoms. The number of esters is 1. The highest BCUT2D eigenvalue weighted by Gasteiger charge is 2.47. The van der Waals surface area contributed by atoms with Crippen LogP contribution >= 0.6 is 0 Å². The van der Waals surface area contributed by atoms with Crippen LogP contribution in [0.3, 0.4) is 0 Å². The summed E-state index contributed by atoms with van der Waals surface area (Å²) in [6.45, 7) is 3.48. The topological polar surface area (TPSA) is 214 Å². The predicted octanol–water partition coefficient (Wildman–Crippen LogP) is 8.85. The summed E-state index contributed by atoms with van der Waals surface area (Å²) in [7, 11) is 0. The molecule has 11 atom stereocenters. The number of ether oxygens (including phenoxy) is 6. The number of unbranched alkanes of at least 4 members (excludes halogenated alkanes) is 14. The van der Waals surface area contributed by atoms with E-state index in [0.717, 1.165) is 116 Å². The number of rotatable bonds is 42. The van der Waals surface area contributed by atoms with Gasteiger partial charge in [0.2, 0.25) is 0 Å². The van der Waals surface area contributed by atoms with E-state index in [2.05, 4.69) is 98.9 Å². The first-order valence-electron chi connectivity index (χ1n) is 27.2. The van der Waals surface area contributed by atoms with Crippen molar-refractivity contribution in [3.63, 3.8) is 0 Å². The lowest BCUT2D eigenvalue weighted by Gasteiger charge is -2.42.